The van der Waals surface area contributed by atoms with Gasteiger partial charge in [0.05, 0.1) is 11.8 Å². The third-order valence-corrected chi connectivity index (χ3v) is 3.52. The first kappa shape index (κ1) is 13.1. The maximum Gasteiger partial charge on any atom is 0.341 e. The molecule has 0 spiro atoms. The van der Waals surface area contributed by atoms with Crippen LogP contribution in [-0.4, -0.2) is 33.4 Å². The second kappa shape index (κ2) is 5.39. The molecule has 0 saturated heterocycles. The number of rotatable bonds is 5. The summed E-state index contributed by atoms with van der Waals surface area (Å²) in [5.74, 6) is -0.304. The third kappa shape index (κ3) is 3.56. The van der Waals surface area contributed by atoms with Crippen molar-refractivity contribution in [3.8, 4) is 0 Å². The lowest BCUT2D eigenvalue weighted by Crippen LogP contribution is -2.24. The summed E-state index contributed by atoms with van der Waals surface area (Å²) >= 11 is 1.68. The van der Waals surface area contributed by atoms with Crippen molar-refractivity contribution in [1.29, 1.82) is 0 Å². The van der Waals surface area contributed by atoms with Gasteiger partial charge in [-0.15, -0.1) is 0 Å². The van der Waals surface area contributed by atoms with E-state index in [0.29, 0.717) is 12.2 Å². The van der Waals surface area contributed by atoms with Gasteiger partial charge in [-0.3, -0.25) is 4.68 Å². The lowest BCUT2D eigenvalue weighted by Gasteiger charge is -2.20. The van der Waals surface area contributed by atoms with Crippen LogP contribution in [0.3, 0.4) is 0 Å². The van der Waals surface area contributed by atoms with E-state index in [9.17, 15) is 4.79 Å². The predicted molar refractivity (Wildman–Crippen MR) is 65.8 cm³/mol. The zero-order chi connectivity index (χ0) is 12.2. The predicted octanol–water partition coefficient (Wildman–Crippen LogP) is 2.20. The number of hydrogen-bond acceptors (Lipinski definition) is 4. The first-order chi connectivity index (χ1) is 7.48. The third-order valence-electron chi connectivity index (χ3n) is 2.30. The molecule has 1 aromatic rings. The van der Waals surface area contributed by atoms with Crippen molar-refractivity contribution < 1.29 is 9.53 Å². The van der Waals surface area contributed by atoms with Crippen LogP contribution in [0.2, 0.25) is 0 Å². The van der Waals surface area contributed by atoms with Crippen molar-refractivity contribution in [3.05, 3.63) is 18.0 Å². The number of hydrogen-bond donors (Lipinski definition) is 0. The summed E-state index contributed by atoms with van der Waals surface area (Å²) in [6.45, 7) is 7.22. The lowest BCUT2D eigenvalue weighted by atomic mass is 10.2. The fraction of sp³-hybridized carbons (Fsp3) is 0.636. The Labute approximate surface area is 100 Å². The molecule has 1 rings (SSSR count). The molecule has 0 atom stereocenters. The van der Waals surface area contributed by atoms with E-state index < -0.39 is 0 Å². The molecule has 0 amide bonds. The molecule has 0 aromatic carbocycles. The van der Waals surface area contributed by atoms with Crippen LogP contribution in [0.4, 0.5) is 0 Å². The zero-order valence-electron chi connectivity index (χ0n) is 10.2. The molecule has 0 N–H and O–H groups in total. The summed E-state index contributed by atoms with van der Waals surface area (Å²) in [6, 6.07) is 0. The molecule has 0 saturated carbocycles. The molecule has 0 aliphatic rings. The van der Waals surface area contributed by atoms with Crippen LogP contribution in [-0.2, 0) is 11.3 Å². The first-order valence-corrected chi connectivity index (χ1v) is 6.45. The van der Waals surface area contributed by atoms with Gasteiger partial charge >= 0.3 is 5.97 Å². The van der Waals surface area contributed by atoms with Crippen molar-refractivity contribution in [2.45, 2.75) is 32.1 Å². The van der Waals surface area contributed by atoms with Crippen LogP contribution >= 0.6 is 11.8 Å². The van der Waals surface area contributed by atoms with Gasteiger partial charge in [-0.2, -0.15) is 16.9 Å². The van der Waals surface area contributed by atoms with Gasteiger partial charge in [-0.1, -0.05) is 0 Å². The summed E-state index contributed by atoms with van der Waals surface area (Å²) in [7, 11) is 0. The second-order valence-corrected chi connectivity index (χ2v) is 5.64. The highest BCUT2D eigenvalue weighted by molar-refractivity contribution is 7.99. The fourth-order valence-electron chi connectivity index (χ4n) is 1.02. The van der Waals surface area contributed by atoms with Crippen molar-refractivity contribution in [2.24, 2.45) is 0 Å². The summed E-state index contributed by atoms with van der Waals surface area (Å²) in [5, 5.41) is 4.03. The minimum Gasteiger partial charge on any atom is -0.461 e. The summed E-state index contributed by atoms with van der Waals surface area (Å²) < 4.78 is 6.89. The average Bonchev–Trinajstić information content (AvgIpc) is 2.74. The van der Waals surface area contributed by atoms with Crippen LogP contribution in [0.15, 0.2) is 12.4 Å². The Kier molecular flexibility index (Phi) is 4.41. The normalized spacial score (nSPS) is 11.5. The van der Waals surface area contributed by atoms with E-state index in [1.54, 1.807) is 22.6 Å². The Hall–Kier alpha value is -0.970. The molecule has 4 nitrogen and oxygen atoms in total. The highest BCUT2D eigenvalue weighted by Crippen LogP contribution is 2.21. The SMILES string of the molecule is CCn1cc(C(=O)OCC(C)(C)SC)cn1. The molecular weight excluding hydrogens is 224 g/mol. The Bertz CT molecular complexity index is 361. The maximum atomic E-state index is 11.7. The summed E-state index contributed by atoms with van der Waals surface area (Å²) in [6.07, 6.45) is 5.25. The van der Waals surface area contributed by atoms with E-state index in [4.69, 9.17) is 4.74 Å². The van der Waals surface area contributed by atoms with Crippen molar-refractivity contribution in [2.75, 3.05) is 12.9 Å². The Morgan fingerprint density at radius 2 is 2.31 bits per heavy atom. The molecular formula is C11H18N2O2S. The standard InChI is InChI=1S/C11H18N2O2S/c1-5-13-7-9(6-12-13)10(14)15-8-11(2,3)16-4/h6-7H,5,8H2,1-4H3. The Balaban J connectivity index is 2.53. The molecule has 1 aromatic heterocycles. The van der Waals surface area contributed by atoms with E-state index in [1.807, 2.05) is 27.0 Å². The Morgan fingerprint density at radius 3 is 2.81 bits per heavy atom. The number of carbonyl (C=O) groups excluding carboxylic acids is 1. The molecule has 5 heteroatoms. The lowest BCUT2D eigenvalue weighted by molar-refractivity contribution is 0.0478. The minimum absolute atomic E-state index is 0.0452. The maximum absolute atomic E-state index is 11.7. The molecule has 16 heavy (non-hydrogen) atoms. The minimum atomic E-state index is -0.304. The Morgan fingerprint density at radius 1 is 1.62 bits per heavy atom. The van der Waals surface area contributed by atoms with E-state index in [2.05, 4.69) is 5.10 Å². The van der Waals surface area contributed by atoms with Crippen molar-refractivity contribution in [3.63, 3.8) is 0 Å². The number of thioether (sulfide) groups is 1. The van der Waals surface area contributed by atoms with Crippen LogP contribution in [0, 0.1) is 0 Å². The molecule has 1 heterocycles. The summed E-state index contributed by atoms with van der Waals surface area (Å²) in [5.41, 5.74) is 0.513. The molecule has 0 aliphatic carbocycles. The number of aryl methyl sites for hydroxylation is 1. The number of carbonyl (C=O) groups is 1. The zero-order valence-corrected chi connectivity index (χ0v) is 11.0. The number of aromatic nitrogens is 2. The molecule has 0 fully saturated rings. The number of ether oxygens (including phenoxy) is 1. The fourth-order valence-corrected chi connectivity index (χ4v) is 1.20. The van der Waals surface area contributed by atoms with Crippen LogP contribution in [0.5, 0.6) is 0 Å². The molecule has 0 aliphatic heterocycles. The summed E-state index contributed by atoms with van der Waals surface area (Å²) in [4.78, 5) is 11.7. The van der Waals surface area contributed by atoms with Crippen molar-refractivity contribution >= 4 is 17.7 Å². The van der Waals surface area contributed by atoms with Gasteiger partial charge in [0, 0.05) is 17.5 Å². The van der Waals surface area contributed by atoms with E-state index >= 15 is 0 Å². The van der Waals surface area contributed by atoms with Gasteiger partial charge in [0.1, 0.15) is 6.61 Å². The second-order valence-electron chi connectivity index (χ2n) is 4.12. The van der Waals surface area contributed by atoms with Gasteiger partial charge in [-0.25, -0.2) is 4.79 Å². The van der Waals surface area contributed by atoms with Gasteiger partial charge in [0.25, 0.3) is 0 Å². The van der Waals surface area contributed by atoms with E-state index in [-0.39, 0.29) is 10.7 Å². The molecule has 90 valence electrons. The van der Waals surface area contributed by atoms with Gasteiger partial charge in [0.2, 0.25) is 0 Å². The molecule has 0 unspecified atom stereocenters. The molecule has 0 radical (unpaired) electrons. The van der Waals surface area contributed by atoms with Gasteiger partial charge in [-0.05, 0) is 27.0 Å². The smallest absolute Gasteiger partial charge is 0.341 e. The van der Waals surface area contributed by atoms with Gasteiger partial charge < -0.3 is 4.74 Å². The monoisotopic (exact) mass is 242 g/mol. The quantitative estimate of drug-likeness (QED) is 0.742. The number of esters is 1. The van der Waals surface area contributed by atoms with E-state index in [0.717, 1.165) is 6.54 Å². The molecule has 0 bridgehead atoms. The van der Waals surface area contributed by atoms with E-state index in [1.165, 1.54) is 6.20 Å². The topological polar surface area (TPSA) is 44.1 Å². The van der Waals surface area contributed by atoms with Crippen LogP contribution in [0.1, 0.15) is 31.1 Å². The highest BCUT2D eigenvalue weighted by atomic mass is 32.2. The number of nitrogens with zero attached hydrogens (tertiary/aromatic N) is 2. The largest absolute Gasteiger partial charge is 0.461 e. The van der Waals surface area contributed by atoms with Crippen LogP contribution in [0.25, 0.3) is 0 Å². The van der Waals surface area contributed by atoms with Crippen LogP contribution < -0.4 is 0 Å². The highest BCUT2D eigenvalue weighted by Gasteiger charge is 2.19. The van der Waals surface area contributed by atoms with Crippen molar-refractivity contribution in [1.82, 2.24) is 9.78 Å². The first-order valence-electron chi connectivity index (χ1n) is 5.23. The average molecular weight is 242 g/mol. The van der Waals surface area contributed by atoms with Gasteiger partial charge in [0.15, 0.2) is 0 Å².